The zero-order valence-electron chi connectivity index (χ0n) is 9.60. The number of rotatable bonds is 3. The molecule has 0 bridgehead atoms. The molecule has 17 heavy (non-hydrogen) atoms. The molecule has 1 aliphatic carbocycles. The lowest BCUT2D eigenvalue weighted by molar-refractivity contribution is -0.384. The minimum atomic E-state index is -0.445. The predicted octanol–water partition coefficient (Wildman–Crippen LogP) is 3.02. The summed E-state index contributed by atoms with van der Waals surface area (Å²) in [5, 5.41) is 10.9. The molecular weight excluding hydrogens is 242 g/mol. The SMILES string of the molecule is CN(c1cc([N+](=O)[O-])cc(Cl)n1)C1CCCC1. The van der Waals surface area contributed by atoms with E-state index in [4.69, 9.17) is 11.6 Å². The van der Waals surface area contributed by atoms with Crippen molar-refractivity contribution < 1.29 is 4.92 Å². The number of hydrogen-bond acceptors (Lipinski definition) is 4. The fourth-order valence-corrected chi connectivity index (χ4v) is 2.43. The molecule has 1 aromatic heterocycles. The molecule has 92 valence electrons. The topological polar surface area (TPSA) is 59.3 Å². The van der Waals surface area contributed by atoms with Gasteiger partial charge in [-0.3, -0.25) is 10.1 Å². The summed E-state index contributed by atoms with van der Waals surface area (Å²) < 4.78 is 0. The highest BCUT2D eigenvalue weighted by molar-refractivity contribution is 6.29. The standard InChI is InChI=1S/C11H14ClN3O2/c1-14(8-4-2-3-5-8)11-7-9(15(16)17)6-10(12)13-11/h6-8H,2-5H2,1H3. The van der Waals surface area contributed by atoms with Crippen LogP contribution in [-0.4, -0.2) is 23.0 Å². The molecule has 0 saturated heterocycles. The second kappa shape index (κ2) is 4.87. The van der Waals surface area contributed by atoms with Crippen LogP contribution in [0.1, 0.15) is 25.7 Å². The molecule has 0 spiro atoms. The van der Waals surface area contributed by atoms with Crippen LogP contribution in [0.25, 0.3) is 0 Å². The quantitative estimate of drug-likeness (QED) is 0.473. The maximum atomic E-state index is 10.7. The lowest BCUT2D eigenvalue weighted by atomic mass is 10.2. The lowest BCUT2D eigenvalue weighted by Gasteiger charge is -2.25. The van der Waals surface area contributed by atoms with Gasteiger partial charge in [0.1, 0.15) is 11.0 Å². The molecule has 0 unspecified atom stereocenters. The Kier molecular flexibility index (Phi) is 3.47. The summed E-state index contributed by atoms with van der Waals surface area (Å²) in [5.41, 5.74) is -0.00940. The Bertz CT molecular complexity index is 433. The normalized spacial score (nSPS) is 16.1. The van der Waals surface area contributed by atoms with Gasteiger partial charge in [-0.25, -0.2) is 4.98 Å². The zero-order chi connectivity index (χ0) is 12.4. The first kappa shape index (κ1) is 12.1. The second-order valence-electron chi connectivity index (χ2n) is 4.31. The van der Waals surface area contributed by atoms with Gasteiger partial charge in [-0.05, 0) is 12.8 Å². The van der Waals surface area contributed by atoms with E-state index in [9.17, 15) is 10.1 Å². The van der Waals surface area contributed by atoms with Crippen LogP contribution in [0, 0.1) is 10.1 Å². The fourth-order valence-electron chi connectivity index (χ4n) is 2.23. The molecule has 0 radical (unpaired) electrons. The van der Waals surface area contributed by atoms with Gasteiger partial charge in [0, 0.05) is 13.1 Å². The highest BCUT2D eigenvalue weighted by Crippen LogP contribution is 2.29. The third-order valence-electron chi connectivity index (χ3n) is 3.21. The van der Waals surface area contributed by atoms with Gasteiger partial charge in [-0.2, -0.15) is 0 Å². The highest BCUT2D eigenvalue weighted by Gasteiger charge is 2.22. The van der Waals surface area contributed by atoms with Gasteiger partial charge in [0.2, 0.25) is 0 Å². The van der Waals surface area contributed by atoms with Crippen molar-refractivity contribution in [3.8, 4) is 0 Å². The van der Waals surface area contributed by atoms with E-state index < -0.39 is 4.92 Å². The van der Waals surface area contributed by atoms with Crippen LogP contribution in [-0.2, 0) is 0 Å². The third kappa shape index (κ3) is 2.66. The first-order valence-electron chi connectivity index (χ1n) is 5.63. The Balaban J connectivity index is 2.27. The van der Waals surface area contributed by atoms with Crippen molar-refractivity contribution in [2.24, 2.45) is 0 Å². The predicted molar refractivity (Wildman–Crippen MR) is 66.6 cm³/mol. The van der Waals surface area contributed by atoms with Gasteiger partial charge in [-0.15, -0.1) is 0 Å². The van der Waals surface area contributed by atoms with Crippen LogP contribution >= 0.6 is 11.6 Å². The van der Waals surface area contributed by atoms with Crippen LogP contribution in [0.3, 0.4) is 0 Å². The summed E-state index contributed by atoms with van der Waals surface area (Å²) in [6, 6.07) is 3.16. The van der Waals surface area contributed by atoms with Crippen molar-refractivity contribution in [1.29, 1.82) is 0 Å². The number of pyridine rings is 1. The first-order valence-corrected chi connectivity index (χ1v) is 6.00. The minimum Gasteiger partial charge on any atom is -0.356 e. The van der Waals surface area contributed by atoms with Gasteiger partial charge in [0.25, 0.3) is 5.69 Å². The smallest absolute Gasteiger partial charge is 0.276 e. The molecule has 5 nitrogen and oxygen atoms in total. The number of aromatic nitrogens is 1. The molecule has 1 aliphatic rings. The Morgan fingerprint density at radius 3 is 2.71 bits per heavy atom. The van der Waals surface area contributed by atoms with Crippen molar-refractivity contribution in [1.82, 2.24) is 4.98 Å². The molecule has 1 heterocycles. The van der Waals surface area contributed by atoms with E-state index in [1.807, 2.05) is 11.9 Å². The molecule has 0 aromatic carbocycles. The Labute approximate surface area is 105 Å². The van der Waals surface area contributed by atoms with E-state index in [2.05, 4.69) is 4.98 Å². The van der Waals surface area contributed by atoms with E-state index in [1.54, 1.807) is 0 Å². The summed E-state index contributed by atoms with van der Waals surface area (Å²) >= 11 is 5.80. The Morgan fingerprint density at radius 1 is 1.47 bits per heavy atom. The van der Waals surface area contributed by atoms with E-state index in [0.29, 0.717) is 11.9 Å². The summed E-state index contributed by atoms with van der Waals surface area (Å²) in [7, 11) is 1.92. The average molecular weight is 256 g/mol. The number of nitro groups is 1. The Morgan fingerprint density at radius 2 is 2.12 bits per heavy atom. The molecule has 1 aromatic rings. The summed E-state index contributed by atoms with van der Waals surface area (Å²) in [4.78, 5) is 16.4. The van der Waals surface area contributed by atoms with Crippen LogP contribution in [0.2, 0.25) is 5.15 Å². The van der Waals surface area contributed by atoms with Crippen LogP contribution in [0.4, 0.5) is 11.5 Å². The van der Waals surface area contributed by atoms with Crippen molar-refractivity contribution in [3.05, 3.63) is 27.4 Å². The summed E-state index contributed by atoms with van der Waals surface area (Å²) in [5.74, 6) is 0.580. The van der Waals surface area contributed by atoms with Crippen molar-refractivity contribution in [2.75, 3.05) is 11.9 Å². The van der Waals surface area contributed by atoms with Gasteiger partial charge < -0.3 is 4.90 Å². The maximum absolute atomic E-state index is 10.7. The summed E-state index contributed by atoms with van der Waals surface area (Å²) in [6.07, 6.45) is 4.63. The molecule has 0 aliphatic heterocycles. The number of nitrogens with zero attached hydrogens (tertiary/aromatic N) is 3. The van der Waals surface area contributed by atoms with Crippen molar-refractivity contribution in [2.45, 2.75) is 31.7 Å². The molecule has 1 saturated carbocycles. The van der Waals surface area contributed by atoms with Crippen LogP contribution < -0.4 is 4.90 Å². The molecule has 0 N–H and O–H groups in total. The minimum absolute atomic E-state index is 0.00940. The van der Waals surface area contributed by atoms with Gasteiger partial charge in [0.05, 0.1) is 17.1 Å². The van der Waals surface area contributed by atoms with Gasteiger partial charge in [-0.1, -0.05) is 24.4 Å². The molecular formula is C11H14ClN3O2. The van der Waals surface area contributed by atoms with Crippen LogP contribution in [0.15, 0.2) is 12.1 Å². The lowest BCUT2D eigenvalue weighted by Crippen LogP contribution is -2.29. The molecule has 0 atom stereocenters. The van der Waals surface area contributed by atoms with Gasteiger partial charge >= 0.3 is 0 Å². The van der Waals surface area contributed by atoms with Gasteiger partial charge in [0.15, 0.2) is 0 Å². The molecule has 0 amide bonds. The first-order chi connectivity index (χ1) is 8.08. The second-order valence-corrected chi connectivity index (χ2v) is 4.70. The highest BCUT2D eigenvalue weighted by atomic mass is 35.5. The third-order valence-corrected chi connectivity index (χ3v) is 3.40. The van der Waals surface area contributed by atoms with E-state index in [-0.39, 0.29) is 10.8 Å². The number of halogens is 1. The molecule has 2 rings (SSSR count). The monoisotopic (exact) mass is 255 g/mol. The molecule has 6 heteroatoms. The maximum Gasteiger partial charge on any atom is 0.276 e. The van der Waals surface area contributed by atoms with E-state index in [0.717, 1.165) is 12.8 Å². The zero-order valence-corrected chi connectivity index (χ0v) is 10.4. The largest absolute Gasteiger partial charge is 0.356 e. The number of anilines is 1. The van der Waals surface area contributed by atoms with Crippen LogP contribution in [0.5, 0.6) is 0 Å². The molecule has 1 fully saturated rings. The number of hydrogen-bond donors (Lipinski definition) is 0. The van der Waals surface area contributed by atoms with Crippen molar-refractivity contribution in [3.63, 3.8) is 0 Å². The Hall–Kier alpha value is -1.36. The summed E-state index contributed by atoms with van der Waals surface area (Å²) in [6.45, 7) is 0. The fraction of sp³-hybridized carbons (Fsp3) is 0.545. The van der Waals surface area contributed by atoms with E-state index in [1.165, 1.54) is 25.0 Å². The van der Waals surface area contributed by atoms with Crippen molar-refractivity contribution >= 4 is 23.1 Å². The average Bonchev–Trinajstić information content (AvgIpc) is 2.80. The van der Waals surface area contributed by atoms with E-state index >= 15 is 0 Å².